The van der Waals surface area contributed by atoms with E-state index in [1.54, 1.807) is 4.90 Å². The van der Waals surface area contributed by atoms with Gasteiger partial charge in [0.2, 0.25) is 5.91 Å². The third-order valence-electron chi connectivity index (χ3n) is 8.45. The molecule has 0 N–H and O–H groups in total. The Morgan fingerprint density at radius 3 is 2.56 bits per heavy atom. The van der Waals surface area contributed by atoms with Crippen LogP contribution in [0.2, 0.25) is 0 Å². The molecule has 4 rings (SSSR count). The van der Waals surface area contributed by atoms with Crippen molar-refractivity contribution in [2.24, 2.45) is 17.3 Å². The number of piperidine rings is 1. The molecule has 0 radical (unpaired) electrons. The van der Waals surface area contributed by atoms with Gasteiger partial charge in [0.25, 0.3) is 0 Å². The molecular formula is C25H36F3N3O. The van der Waals surface area contributed by atoms with Crippen LogP contribution in [0.5, 0.6) is 0 Å². The zero-order valence-corrected chi connectivity index (χ0v) is 19.5. The molecule has 0 bridgehead atoms. The predicted octanol–water partition coefficient (Wildman–Crippen LogP) is 5.30. The summed E-state index contributed by atoms with van der Waals surface area (Å²) in [5.74, 6) is 1.16. The minimum Gasteiger partial charge on any atom is -0.337 e. The highest BCUT2D eigenvalue weighted by molar-refractivity contribution is 5.83. The molecule has 2 atom stereocenters. The van der Waals surface area contributed by atoms with Crippen molar-refractivity contribution in [3.05, 3.63) is 29.1 Å². The summed E-state index contributed by atoms with van der Waals surface area (Å²) in [6, 6.07) is 1.62. The Morgan fingerprint density at radius 2 is 1.94 bits per heavy atom. The highest BCUT2D eigenvalue weighted by atomic mass is 19.4. The van der Waals surface area contributed by atoms with Crippen LogP contribution >= 0.6 is 0 Å². The molecule has 32 heavy (non-hydrogen) atoms. The van der Waals surface area contributed by atoms with Crippen molar-refractivity contribution in [2.75, 3.05) is 19.6 Å². The highest BCUT2D eigenvalue weighted by Crippen LogP contribution is 2.48. The molecule has 1 aromatic rings. The van der Waals surface area contributed by atoms with Gasteiger partial charge in [-0.25, -0.2) is 0 Å². The van der Waals surface area contributed by atoms with Gasteiger partial charge in [-0.3, -0.25) is 9.78 Å². The largest absolute Gasteiger partial charge is 0.417 e. The first-order chi connectivity index (χ1) is 15.1. The normalized spacial score (nSPS) is 27.7. The van der Waals surface area contributed by atoms with E-state index in [1.165, 1.54) is 25.3 Å². The molecular weight excluding hydrogens is 415 g/mol. The number of alkyl halides is 3. The molecule has 178 valence electrons. The smallest absolute Gasteiger partial charge is 0.337 e. The Balaban J connectivity index is 1.49. The van der Waals surface area contributed by atoms with Crippen LogP contribution in [0.25, 0.3) is 0 Å². The van der Waals surface area contributed by atoms with Gasteiger partial charge in [-0.15, -0.1) is 0 Å². The third-order valence-corrected chi connectivity index (χ3v) is 8.45. The van der Waals surface area contributed by atoms with E-state index in [1.807, 2.05) is 0 Å². The molecule has 7 heteroatoms. The molecule has 3 heterocycles. The molecule has 4 nitrogen and oxygen atoms in total. The number of halogens is 3. The van der Waals surface area contributed by atoms with Crippen LogP contribution in [0, 0.1) is 17.3 Å². The fourth-order valence-corrected chi connectivity index (χ4v) is 6.12. The van der Waals surface area contributed by atoms with Crippen LogP contribution in [0.15, 0.2) is 12.3 Å². The van der Waals surface area contributed by atoms with Crippen LogP contribution in [0.1, 0.15) is 76.1 Å². The van der Waals surface area contributed by atoms with Crippen molar-refractivity contribution in [1.82, 2.24) is 14.8 Å². The molecule has 0 aromatic carbocycles. The Morgan fingerprint density at radius 1 is 1.22 bits per heavy atom. The maximum absolute atomic E-state index is 13.8. The molecule has 0 spiro atoms. The van der Waals surface area contributed by atoms with Gasteiger partial charge in [0.15, 0.2) is 0 Å². The number of fused-ring (bicyclic) bond motifs is 1. The van der Waals surface area contributed by atoms with Crippen molar-refractivity contribution >= 4 is 5.91 Å². The zero-order valence-electron chi connectivity index (χ0n) is 19.5. The Kier molecular flexibility index (Phi) is 6.59. The lowest BCUT2D eigenvalue weighted by Gasteiger charge is -2.41. The molecule has 3 aliphatic rings. The van der Waals surface area contributed by atoms with E-state index in [0.29, 0.717) is 30.3 Å². The first kappa shape index (κ1) is 23.5. The van der Waals surface area contributed by atoms with Gasteiger partial charge in [-0.1, -0.05) is 27.2 Å². The van der Waals surface area contributed by atoms with Gasteiger partial charge < -0.3 is 9.80 Å². The molecule has 2 fully saturated rings. The summed E-state index contributed by atoms with van der Waals surface area (Å²) in [5, 5.41) is 0. The van der Waals surface area contributed by atoms with Crippen molar-refractivity contribution in [1.29, 1.82) is 0 Å². The first-order valence-corrected chi connectivity index (χ1v) is 12.2. The standard InChI is InChI=1S/C25H36F3N3O/c1-4-18-6-10-30(11-7-18)21-5-9-24(14-21,17(2)3)23(32)31-12-8-22-19(16-31)13-20(15-29-22)25(26,27)28/h13,15,17-18,21H,4-12,14,16H2,1-3H3/t21-,24-/m0/s1. The van der Waals surface area contributed by atoms with Gasteiger partial charge in [0.1, 0.15) is 0 Å². The Hall–Kier alpha value is -1.63. The fraction of sp³-hybridized carbons (Fsp3) is 0.760. The quantitative estimate of drug-likeness (QED) is 0.623. The third kappa shape index (κ3) is 4.42. The van der Waals surface area contributed by atoms with Crippen LogP contribution in [-0.4, -0.2) is 46.4 Å². The van der Waals surface area contributed by atoms with E-state index in [9.17, 15) is 18.0 Å². The monoisotopic (exact) mass is 451 g/mol. The molecule has 1 saturated carbocycles. The second kappa shape index (κ2) is 8.96. The first-order valence-electron chi connectivity index (χ1n) is 12.2. The number of pyridine rings is 1. The SMILES string of the molecule is CCC1CCN([C@H]2CC[C@@](C(=O)N3CCc4ncc(C(F)(F)F)cc4C3)(C(C)C)C2)CC1. The van der Waals surface area contributed by atoms with Crippen LogP contribution in [0.3, 0.4) is 0 Å². The molecule has 0 unspecified atom stereocenters. The minimum atomic E-state index is -4.42. The van der Waals surface area contributed by atoms with E-state index in [0.717, 1.165) is 44.5 Å². The Labute approximate surface area is 189 Å². The number of carbonyl (C=O) groups excluding carboxylic acids is 1. The van der Waals surface area contributed by atoms with E-state index in [-0.39, 0.29) is 18.4 Å². The van der Waals surface area contributed by atoms with Gasteiger partial charge in [0, 0.05) is 37.4 Å². The van der Waals surface area contributed by atoms with Crippen LogP contribution in [0.4, 0.5) is 13.2 Å². The second-order valence-corrected chi connectivity index (χ2v) is 10.4. The van der Waals surface area contributed by atoms with E-state index in [2.05, 4.69) is 30.7 Å². The topological polar surface area (TPSA) is 36.4 Å². The van der Waals surface area contributed by atoms with Crippen molar-refractivity contribution < 1.29 is 18.0 Å². The number of carbonyl (C=O) groups is 1. The van der Waals surface area contributed by atoms with Crippen LogP contribution in [-0.2, 0) is 23.9 Å². The van der Waals surface area contributed by atoms with Gasteiger partial charge in [0.05, 0.1) is 11.0 Å². The Bertz CT molecular complexity index is 832. The molecule has 1 saturated heterocycles. The molecule has 2 aliphatic heterocycles. The maximum atomic E-state index is 13.8. The minimum absolute atomic E-state index is 0.126. The number of aromatic nitrogens is 1. The van der Waals surface area contributed by atoms with Gasteiger partial charge in [-0.2, -0.15) is 13.2 Å². The number of likely N-dealkylation sites (tertiary alicyclic amines) is 1. The summed E-state index contributed by atoms with van der Waals surface area (Å²) in [4.78, 5) is 22.3. The number of rotatable bonds is 4. The van der Waals surface area contributed by atoms with E-state index in [4.69, 9.17) is 0 Å². The summed E-state index contributed by atoms with van der Waals surface area (Å²) in [5.41, 5.74) is 0.0672. The summed E-state index contributed by atoms with van der Waals surface area (Å²) >= 11 is 0. The summed E-state index contributed by atoms with van der Waals surface area (Å²) in [6.07, 6.45) is 3.50. The number of nitrogens with zero attached hydrogens (tertiary/aromatic N) is 3. The number of amides is 1. The molecule has 1 amide bonds. The highest BCUT2D eigenvalue weighted by Gasteiger charge is 2.51. The number of hydrogen-bond donors (Lipinski definition) is 0. The molecule has 1 aromatic heterocycles. The van der Waals surface area contributed by atoms with Crippen LogP contribution < -0.4 is 0 Å². The maximum Gasteiger partial charge on any atom is 0.417 e. The second-order valence-electron chi connectivity index (χ2n) is 10.4. The summed E-state index contributed by atoms with van der Waals surface area (Å²) in [7, 11) is 0. The van der Waals surface area contributed by atoms with Crippen molar-refractivity contribution in [2.45, 2.75) is 84.5 Å². The van der Waals surface area contributed by atoms with Crippen molar-refractivity contribution in [3.63, 3.8) is 0 Å². The van der Waals surface area contributed by atoms with Gasteiger partial charge in [-0.05, 0) is 68.7 Å². The van der Waals surface area contributed by atoms with E-state index >= 15 is 0 Å². The van der Waals surface area contributed by atoms with Gasteiger partial charge >= 0.3 is 6.18 Å². The number of hydrogen-bond acceptors (Lipinski definition) is 3. The average Bonchev–Trinajstić information content (AvgIpc) is 3.24. The summed E-state index contributed by atoms with van der Waals surface area (Å²) in [6.45, 7) is 9.53. The molecule has 1 aliphatic carbocycles. The lowest BCUT2D eigenvalue weighted by Crippen LogP contribution is -2.49. The lowest BCUT2D eigenvalue weighted by molar-refractivity contribution is -0.146. The van der Waals surface area contributed by atoms with E-state index < -0.39 is 17.2 Å². The summed E-state index contributed by atoms with van der Waals surface area (Å²) < 4.78 is 39.5. The van der Waals surface area contributed by atoms with Crippen molar-refractivity contribution in [3.8, 4) is 0 Å². The predicted molar refractivity (Wildman–Crippen MR) is 118 cm³/mol. The lowest BCUT2D eigenvalue weighted by atomic mass is 9.73. The average molecular weight is 452 g/mol. The fourth-order valence-electron chi connectivity index (χ4n) is 6.12. The zero-order chi connectivity index (χ0) is 23.1.